The van der Waals surface area contributed by atoms with E-state index in [1.54, 1.807) is 0 Å². The van der Waals surface area contributed by atoms with Crippen LogP contribution in [0.2, 0.25) is 0 Å². The Kier molecular flexibility index (Phi) is 7.48. The second-order valence-electron chi connectivity index (χ2n) is 2.11. The van der Waals surface area contributed by atoms with Crippen LogP contribution in [0.4, 0.5) is 0 Å². The van der Waals surface area contributed by atoms with Crippen molar-refractivity contribution in [3.63, 3.8) is 0 Å². The maximum Gasteiger partial charge on any atom is 0.317 e. The Morgan fingerprint density at radius 1 is 0.917 bits per heavy atom. The maximum atomic E-state index is 10.5. The van der Waals surface area contributed by atoms with Crippen molar-refractivity contribution >= 4 is 44.5 Å². The van der Waals surface area contributed by atoms with Gasteiger partial charge in [-0.3, -0.25) is 9.59 Å². The molecule has 0 atom stereocenters. The molecule has 0 aliphatic carbocycles. The van der Waals surface area contributed by atoms with Gasteiger partial charge in [-0.15, -0.1) is 0 Å². The van der Waals surface area contributed by atoms with Crippen molar-refractivity contribution in [1.29, 1.82) is 0 Å². The second kappa shape index (κ2) is 7.54. The van der Waals surface area contributed by atoms with Crippen molar-refractivity contribution in [1.82, 2.24) is 0 Å². The van der Waals surface area contributed by atoms with Crippen molar-refractivity contribution in [2.45, 2.75) is 25.7 Å². The van der Waals surface area contributed by atoms with Gasteiger partial charge in [-0.1, -0.05) is 0 Å². The van der Waals surface area contributed by atoms with Crippen LogP contribution >= 0.6 is 32.5 Å². The zero-order valence-electron chi connectivity index (χ0n) is 6.22. The monoisotopic (exact) mass is 302 g/mol. The van der Waals surface area contributed by atoms with Crippen LogP contribution in [0.15, 0.2) is 0 Å². The molecule has 12 heavy (non-hydrogen) atoms. The fraction of sp³-hybridized carbons (Fsp3) is 0.667. The first kappa shape index (κ1) is 11.9. The minimum absolute atomic E-state index is 0.306. The molecular formula is C6H8Br2O4. The predicted molar refractivity (Wildman–Crippen MR) is 48.5 cm³/mol. The molecule has 0 unspecified atom stereocenters. The lowest BCUT2D eigenvalue weighted by Gasteiger charge is -1.96. The van der Waals surface area contributed by atoms with Gasteiger partial charge in [0, 0.05) is 12.8 Å². The third kappa shape index (κ3) is 6.60. The highest BCUT2D eigenvalue weighted by Gasteiger charge is 2.03. The number of unbranched alkanes of at least 4 members (excludes halogenated alkanes) is 1. The lowest BCUT2D eigenvalue weighted by molar-refractivity contribution is -0.134. The number of hydrogen-bond acceptors (Lipinski definition) is 4. The van der Waals surface area contributed by atoms with Gasteiger partial charge in [0.1, 0.15) is 0 Å². The summed E-state index contributed by atoms with van der Waals surface area (Å²) >= 11 is 5.12. The average Bonchev–Trinajstić information content (AvgIpc) is 2.11. The molecule has 0 fully saturated rings. The summed E-state index contributed by atoms with van der Waals surface area (Å²) in [4.78, 5) is 21.1. The van der Waals surface area contributed by atoms with Gasteiger partial charge in [0.25, 0.3) is 0 Å². The summed E-state index contributed by atoms with van der Waals surface area (Å²) in [5.74, 6) is -0.663. The third-order valence-electron chi connectivity index (χ3n) is 1.18. The Hall–Kier alpha value is -0.100. The average molecular weight is 304 g/mol. The van der Waals surface area contributed by atoms with Gasteiger partial charge >= 0.3 is 11.9 Å². The van der Waals surface area contributed by atoms with Crippen molar-refractivity contribution < 1.29 is 17.2 Å². The molecule has 0 aromatic carbocycles. The molecule has 0 N–H and O–H groups in total. The van der Waals surface area contributed by atoms with E-state index in [1.165, 1.54) is 0 Å². The molecule has 6 heteroatoms. The molecule has 0 aliphatic heterocycles. The van der Waals surface area contributed by atoms with Crippen LogP contribution in [0.3, 0.4) is 0 Å². The van der Waals surface area contributed by atoms with Gasteiger partial charge in [0.2, 0.25) is 0 Å². The maximum absolute atomic E-state index is 10.5. The summed E-state index contributed by atoms with van der Waals surface area (Å²) in [5.41, 5.74) is 0. The van der Waals surface area contributed by atoms with Crippen LogP contribution in [0.5, 0.6) is 0 Å². The van der Waals surface area contributed by atoms with E-state index >= 15 is 0 Å². The van der Waals surface area contributed by atoms with Crippen molar-refractivity contribution in [2.24, 2.45) is 0 Å². The molecule has 0 amide bonds. The summed E-state index contributed by atoms with van der Waals surface area (Å²) in [7, 11) is 0. The molecule has 0 aliphatic rings. The normalized spacial score (nSPS) is 9.17. The van der Waals surface area contributed by atoms with Gasteiger partial charge in [-0.05, 0) is 12.8 Å². The molecule has 0 spiro atoms. The quantitative estimate of drug-likeness (QED) is 0.731. The van der Waals surface area contributed by atoms with Crippen molar-refractivity contribution in [2.75, 3.05) is 0 Å². The molecule has 4 nitrogen and oxygen atoms in total. The molecular weight excluding hydrogens is 296 g/mol. The summed E-state index contributed by atoms with van der Waals surface area (Å²) < 4.78 is 8.46. The van der Waals surface area contributed by atoms with Crippen LogP contribution in [0, 0.1) is 0 Å². The van der Waals surface area contributed by atoms with Crippen LogP contribution in [0.25, 0.3) is 0 Å². The number of rotatable bonds is 5. The Balaban J connectivity index is 3.21. The molecule has 70 valence electrons. The van der Waals surface area contributed by atoms with Gasteiger partial charge in [-0.2, -0.15) is 0 Å². The van der Waals surface area contributed by atoms with E-state index in [9.17, 15) is 9.59 Å². The number of carbonyl (C=O) groups is 2. The summed E-state index contributed by atoms with van der Waals surface area (Å²) in [6.45, 7) is 0. The second-order valence-corrected chi connectivity index (χ2v) is 2.75. The molecule has 0 bridgehead atoms. The first-order valence-electron chi connectivity index (χ1n) is 3.33. The Labute approximate surface area is 87.5 Å². The largest absolute Gasteiger partial charge is 0.384 e. The van der Waals surface area contributed by atoms with Crippen LogP contribution < -0.4 is 0 Å². The van der Waals surface area contributed by atoms with E-state index in [2.05, 4.69) is 40.2 Å². The van der Waals surface area contributed by atoms with Crippen molar-refractivity contribution in [3.05, 3.63) is 0 Å². The smallest absolute Gasteiger partial charge is 0.317 e. The zero-order valence-corrected chi connectivity index (χ0v) is 9.39. The molecule has 0 saturated heterocycles. The minimum Gasteiger partial charge on any atom is -0.384 e. The third-order valence-corrected chi connectivity index (χ3v) is 1.91. The zero-order chi connectivity index (χ0) is 9.40. The highest BCUT2D eigenvalue weighted by atomic mass is 79.9. The number of hydrogen-bond donors (Lipinski definition) is 0. The lowest BCUT2D eigenvalue weighted by atomic mass is 10.2. The standard InChI is InChI=1S/C6H8Br2O4/c7-11-5(9)3-1-2-4-6(10)12-8/h1-4H2. The summed E-state index contributed by atoms with van der Waals surface area (Å²) in [6.07, 6.45) is 1.85. The first-order chi connectivity index (χ1) is 5.70. The van der Waals surface area contributed by atoms with Gasteiger partial charge in [0.05, 0.1) is 0 Å². The van der Waals surface area contributed by atoms with Crippen LogP contribution in [0.1, 0.15) is 25.7 Å². The lowest BCUT2D eigenvalue weighted by Crippen LogP contribution is -1.99. The SMILES string of the molecule is O=C(CCCCC(=O)OBr)OBr. The van der Waals surface area contributed by atoms with Gasteiger partial charge in [-0.25, -0.2) is 0 Å². The molecule has 0 heterocycles. The fourth-order valence-corrected chi connectivity index (χ4v) is 0.940. The highest BCUT2D eigenvalue weighted by Crippen LogP contribution is 2.04. The molecule has 0 rings (SSSR count). The highest BCUT2D eigenvalue weighted by molar-refractivity contribution is 9.06. The first-order valence-corrected chi connectivity index (χ1v) is 4.63. The van der Waals surface area contributed by atoms with Crippen LogP contribution in [-0.2, 0) is 17.2 Å². The van der Waals surface area contributed by atoms with E-state index in [-0.39, 0.29) is 11.9 Å². The van der Waals surface area contributed by atoms with Gasteiger partial charge in [0.15, 0.2) is 32.5 Å². The molecule has 0 aromatic rings. The van der Waals surface area contributed by atoms with E-state index < -0.39 is 0 Å². The minimum atomic E-state index is -0.331. The Bertz CT molecular complexity index is 142. The topological polar surface area (TPSA) is 52.6 Å². The van der Waals surface area contributed by atoms with E-state index in [0.717, 1.165) is 0 Å². The molecule has 0 radical (unpaired) electrons. The number of carbonyl (C=O) groups excluding carboxylic acids is 2. The van der Waals surface area contributed by atoms with E-state index in [0.29, 0.717) is 25.7 Å². The van der Waals surface area contributed by atoms with Gasteiger partial charge < -0.3 is 7.66 Å². The number of halogens is 2. The molecule has 0 aromatic heterocycles. The molecule has 0 saturated carbocycles. The van der Waals surface area contributed by atoms with E-state index in [1.807, 2.05) is 0 Å². The summed E-state index contributed by atoms with van der Waals surface area (Å²) in [6, 6.07) is 0. The summed E-state index contributed by atoms with van der Waals surface area (Å²) in [5, 5.41) is 0. The van der Waals surface area contributed by atoms with Crippen molar-refractivity contribution in [3.8, 4) is 0 Å². The van der Waals surface area contributed by atoms with E-state index in [4.69, 9.17) is 0 Å². The predicted octanol–water partition coefficient (Wildman–Crippen LogP) is 2.25. The Morgan fingerprint density at radius 2 is 1.25 bits per heavy atom. The van der Waals surface area contributed by atoms with Crippen LogP contribution in [-0.4, -0.2) is 11.9 Å². The Morgan fingerprint density at radius 3 is 1.50 bits per heavy atom. The fourth-order valence-electron chi connectivity index (χ4n) is 0.616.